The average Bonchev–Trinajstić information content (AvgIpc) is 2.27. The van der Waals surface area contributed by atoms with Crippen molar-refractivity contribution in [1.82, 2.24) is 4.98 Å². The van der Waals surface area contributed by atoms with Gasteiger partial charge in [-0.3, -0.25) is 0 Å². The topological polar surface area (TPSA) is 97.4 Å². The van der Waals surface area contributed by atoms with Crippen LogP contribution in [0.2, 0.25) is 0 Å². The van der Waals surface area contributed by atoms with Crippen LogP contribution >= 0.6 is 0 Å². The lowest BCUT2D eigenvalue weighted by molar-refractivity contribution is -0.0173. The van der Waals surface area contributed by atoms with E-state index in [0.717, 1.165) is 0 Å². The fourth-order valence-electron chi connectivity index (χ4n) is 0.975. The minimum atomic E-state index is -1.28. The van der Waals surface area contributed by atoms with Gasteiger partial charge in [-0.05, 0) is 12.1 Å². The number of aliphatic hydroxyl groups is 3. The molecule has 0 aliphatic carbocycles. The van der Waals surface area contributed by atoms with Gasteiger partial charge in [0.05, 0.1) is 12.3 Å². The molecule has 0 spiro atoms. The second-order valence-corrected chi connectivity index (χ2v) is 2.75. The second-order valence-electron chi connectivity index (χ2n) is 2.75. The van der Waals surface area contributed by atoms with E-state index in [2.05, 4.69) is 4.98 Å². The predicted molar refractivity (Wildman–Crippen MR) is 47.0 cm³/mol. The van der Waals surface area contributed by atoms with Crippen LogP contribution in [0.15, 0.2) is 18.2 Å². The number of hydrogen-bond acceptors (Lipinski definition) is 5. The van der Waals surface area contributed by atoms with Crippen molar-refractivity contribution < 1.29 is 15.3 Å². The fraction of sp³-hybridized carbons (Fsp3) is 0.333. The molecule has 3 N–H and O–H groups in total. The van der Waals surface area contributed by atoms with Crippen molar-refractivity contribution in [2.24, 2.45) is 0 Å². The van der Waals surface area contributed by atoms with Gasteiger partial charge in [0.15, 0.2) is 0 Å². The Morgan fingerprint density at radius 3 is 2.71 bits per heavy atom. The molecule has 0 aromatic carbocycles. The second kappa shape index (κ2) is 4.67. The maximum atomic E-state index is 9.43. The Morgan fingerprint density at radius 1 is 1.43 bits per heavy atom. The van der Waals surface area contributed by atoms with Crippen molar-refractivity contribution >= 4 is 0 Å². The lowest BCUT2D eigenvalue weighted by atomic mass is 10.1. The van der Waals surface area contributed by atoms with Gasteiger partial charge in [0.2, 0.25) is 0 Å². The summed E-state index contributed by atoms with van der Waals surface area (Å²) in [6.45, 7) is -0.556. The Morgan fingerprint density at radius 2 is 2.14 bits per heavy atom. The zero-order valence-electron chi connectivity index (χ0n) is 7.33. The average molecular weight is 194 g/mol. The summed E-state index contributed by atoms with van der Waals surface area (Å²) in [5.41, 5.74) is 0.331. The van der Waals surface area contributed by atoms with E-state index >= 15 is 0 Å². The van der Waals surface area contributed by atoms with Gasteiger partial charge in [0.1, 0.15) is 24.0 Å². The van der Waals surface area contributed by atoms with Gasteiger partial charge in [0, 0.05) is 0 Å². The summed E-state index contributed by atoms with van der Waals surface area (Å²) in [6.07, 6.45) is -2.55. The highest BCUT2D eigenvalue weighted by Gasteiger charge is 2.18. The minimum Gasteiger partial charge on any atom is -0.394 e. The van der Waals surface area contributed by atoms with Crippen LogP contribution in [0.5, 0.6) is 0 Å². The third kappa shape index (κ3) is 2.26. The SMILES string of the molecule is N#Cc1cccc(C(O)C(O)CO)n1. The van der Waals surface area contributed by atoms with Gasteiger partial charge in [-0.15, -0.1) is 0 Å². The van der Waals surface area contributed by atoms with E-state index < -0.39 is 18.8 Å². The van der Waals surface area contributed by atoms with Crippen molar-refractivity contribution in [2.45, 2.75) is 12.2 Å². The summed E-state index contributed by atoms with van der Waals surface area (Å²) in [7, 11) is 0. The number of pyridine rings is 1. The largest absolute Gasteiger partial charge is 0.394 e. The molecule has 5 nitrogen and oxygen atoms in total. The molecule has 1 rings (SSSR count). The van der Waals surface area contributed by atoms with Crippen LogP contribution in [-0.4, -0.2) is 33.0 Å². The first kappa shape index (κ1) is 10.6. The molecule has 0 saturated carbocycles. The van der Waals surface area contributed by atoms with Gasteiger partial charge in [-0.25, -0.2) is 4.98 Å². The van der Waals surface area contributed by atoms with E-state index in [-0.39, 0.29) is 11.4 Å². The highest BCUT2D eigenvalue weighted by atomic mass is 16.4. The quantitative estimate of drug-likeness (QED) is 0.593. The number of aliphatic hydroxyl groups excluding tert-OH is 3. The third-order valence-corrected chi connectivity index (χ3v) is 1.74. The van der Waals surface area contributed by atoms with Gasteiger partial charge < -0.3 is 15.3 Å². The van der Waals surface area contributed by atoms with E-state index in [0.29, 0.717) is 0 Å². The summed E-state index contributed by atoms with van der Waals surface area (Å²) < 4.78 is 0. The maximum absolute atomic E-state index is 9.43. The molecule has 0 aliphatic rings. The highest BCUT2D eigenvalue weighted by Crippen LogP contribution is 2.14. The molecular weight excluding hydrogens is 184 g/mol. The Hall–Kier alpha value is -1.48. The van der Waals surface area contributed by atoms with Crippen LogP contribution in [0.3, 0.4) is 0 Å². The van der Waals surface area contributed by atoms with Gasteiger partial charge in [-0.2, -0.15) is 5.26 Å². The minimum absolute atomic E-state index is 0.159. The van der Waals surface area contributed by atoms with Crippen molar-refractivity contribution in [3.63, 3.8) is 0 Å². The van der Waals surface area contributed by atoms with Crippen LogP contribution in [0.1, 0.15) is 17.5 Å². The van der Waals surface area contributed by atoms with Crippen LogP contribution in [-0.2, 0) is 0 Å². The Bertz CT molecular complexity index is 348. The van der Waals surface area contributed by atoms with Crippen LogP contribution in [0.4, 0.5) is 0 Å². The fourth-order valence-corrected chi connectivity index (χ4v) is 0.975. The molecule has 14 heavy (non-hydrogen) atoms. The Labute approximate surface area is 80.9 Å². The highest BCUT2D eigenvalue weighted by molar-refractivity contribution is 5.23. The zero-order chi connectivity index (χ0) is 10.6. The number of rotatable bonds is 3. The summed E-state index contributed by atoms with van der Waals surface area (Å²) in [6, 6.07) is 6.33. The van der Waals surface area contributed by atoms with Crippen LogP contribution < -0.4 is 0 Å². The zero-order valence-corrected chi connectivity index (χ0v) is 7.33. The first-order valence-electron chi connectivity index (χ1n) is 4.03. The molecule has 1 heterocycles. The van der Waals surface area contributed by atoms with Gasteiger partial charge >= 0.3 is 0 Å². The van der Waals surface area contributed by atoms with Crippen LogP contribution in [0.25, 0.3) is 0 Å². The summed E-state index contributed by atoms with van der Waals surface area (Å²) >= 11 is 0. The molecule has 0 fully saturated rings. The molecule has 0 amide bonds. The number of hydrogen-bond donors (Lipinski definition) is 3. The Kier molecular flexibility index (Phi) is 3.54. The molecule has 0 aliphatic heterocycles. The number of nitrogens with zero attached hydrogens (tertiary/aromatic N) is 2. The predicted octanol–water partition coefficient (Wildman–Crippen LogP) is -0.660. The normalized spacial score (nSPS) is 14.4. The molecule has 1 aromatic rings. The Balaban J connectivity index is 2.91. The van der Waals surface area contributed by atoms with Crippen molar-refractivity contribution in [3.8, 4) is 6.07 Å². The van der Waals surface area contributed by atoms with Crippen molar-refractivity contribution in [2.75, 3.05) is 6.61 Å². The summed E-state index contributed by atoms with van der Waals surface area (Å²) in [5, 5.41) is 35.7. The maximum Gasteiger partial charge on any atom is 0.140 e. The molecule has 2 atom stereocenters. The molecule has 5 heteroatoms. The summed E-state index contributed by atoms with van der Waals surface area (Å²) in [5.74, 6) is 0. The molecule has 0 bridgehead atoms. The monoisotopic (exact) mass is 194 g/mol. The molecule has 1 aromatic heterocycles. The molecule has 74 valence electrons. The van der Waals surface area contributed by atoms with E-state index in [4.69, 9.17) is 15.5 Å². The lowest BCUT2D eigenvalue weighted by Gasteiger charge is -2.14. The van der Waals surface area contributed by atoms with Crippen molar-refractivity contribution in [1.29, 1.82) is 5.26 Å². The third-order valence-electron chi connectivity index (χ3n) is 1.74. The van der Waals surface area contributed by atoms with Gasteiger partial charge in [-0.1, -0.05) is 6.07 Å². The standard InChI is InChI=1S/C9H10N2O3/c10-4-6-2-1-3-7(11-6)9(14)8(13)5-12/h1-3,8-9,12-14H,5H2. The van der Waals surface area contributed by atoms with Crippen molar-refractivity contribution in [3.05, 3.63) is 29.6 Å². The van der Waals surface area contributed by atoms with E-state index in [1.165, 1.54) is 12.1 Å². The number of aromatic nitrogens is 1. The first-order chi connectivity index (χ1) is 6.69. The molecule has 2 unspecified atom stereocenters. The van der Waals surface area contributed by atoms with E-state index in [1.54, 1.807) is 6.07 Å². The number of nitriles is 1. The van der Waals surface area contributed by atoms with Gasteiger partial charge in [0.25, 0.3) is 0 Å². The molecular formula is C9H10N2O3. The molecule has 0 saturated heterocycles. The summed E-state index contributed by atoms with van der Waals surface area (Å²) in [4.78, 5) is 3.78. The first-order valence-corrected chi connectivity index (χ1v) is 4.03. The lowest BCUT2D eigenvalue weighted by Crippen LogP contribution is -2.23. The van der Waals surface area contributed by atoms with E-state index in [9.17, 15) is 5.11 Å². The molecule has 0 radical (unpaired) electrons. The van der Waals surface area contributed by atoms with Crippen LogP contribution in [0, 0.1) is 11.3 Å². The van der Waals surface area contributed by atoms with E-state index in [1.807, 2.05) is 6.07 Å². The smallest absolute Gasteiger partial charge is 0.140 e.